The van der Waals surface area contributed by atoms with Crippen LogP contribution in [0.3, 0.4) is 0 Å². The van der Waals surface area contributed by atoms with Gasteiger partial charge in [-0.2, -0.15) is 0 Å². The molecule has 0 radical (unpaired) electrons. The van der Waals surface area contributed by atoms with Gasteiger partial charge in [-0.05, 0) is 43.2 Å². The van der Waals surface area contributed by atoms with Gasteiger partial charge in [-0.1, -0.05) is 37.3 Å². The van der Waals surface area contributed by atoms with E-state index in [-0.39, 0.29) is 18.6 Å². The molecule has 0 heterocycles. The van der Waals surface area contributed by atoms with Crippen LogP contribution in [0.4, 0.5) is 0 Å². The molecule has 1 N–H and O–H groups in total. The molecule has 0 aliphatic carbocycles. The van der Waals surface area contributed by atoms with Crippen LogP contribution in [0.25, 0.3) is 0 Å². The number of benzene rings is 2. The zero-order chi connectivity index (χ0) is 18.1. The molecule has 0 spiro atoms. The molecule has 5 heteroatoms. The predicted molar refractivity (Wildman–Crippen MR) is 95.5 cm³/mol. The third-order valence-corrected chi connectivity index (χ3v) is 3.57. The van der Waals surface area contributed by atoms with Gasteiger partial charge in [-0.15, -0.1) is 0 Å². The van der Waals surface area contributed by atoms with Crippen LogP contribution in [0.15, 0.2) is 54.6 Å². The number of carbonyl (C=O) groups is 2. The highest BCUT2D eigenvalue weighted by atomic mass is 16.5. The van der Waals surface area contributed by atoms with Crippen molar-refractivity contribution < 1.29 is 19.1 Å². The molecule has 0 saturated heterocycles. The Morgan fingerprint density at radius 1 is 1.04 bits per heavy atom. The molecule has 0 unspecified atom stereocenters. The minimum atomic E-state index is -0.537. The summed E-state index contributed by atoms with van der Waals surface area (Å²) < 4.78 is 10.5. The first kappa shape index (κ1) is 18.5. The van der Waals surface area contributed by atoms with Crippen LogP contribution in [0, 0.1) is 0 Å². The van der Waals surface area contributed by atoms with E-state index in [1.54, 1.807) is 24.3 Å². The standard InChI is InChI=1S/C20H23NO4/c1-3-13-24-18-11-9-17(10-12-18)20(23)25-14-19(22)21-15(2)16-7-5-4-6-8-16/h4-12,15H,3,13-14H2,1-2H3,(H,21,22)/t15-/m0/s1. The maximum Gasteiger partial charge on any atom is 0.338 e. The molecule has 25 heavy (non-hydrogen) atoms. The molecule has 2 aromatic carbocycles. The zero-order valence-electron chi connectivity index (χ0n) is 14.5. The van der Waals surface area contributed by atoms with Crippen LogP contribution in [-0.4, -0.2) is 25.1 Å². The van der Waals surface area contributed by atoms with E-state index in [4.69, 9.17) is 9.47 Å². The average Bonchev–Trinajstić information content (AvgIpc) is 2.65. The van der Waals surface area contributed by atoms with Crippen LogP contribution in [0.5, 0.6) is 5.75 Å². The molecule has 5 nitrogen and oxygen atoms in total. The van der Waals surface area contributed by atoms with Gasteiger partial charge in [-0.3, -0.25) is 4.79 Å². The lowest BCUT2D eigenvalue weighted by Crippen LogP contribution is -2.31. The summed E-state index contributed by atoms with van der Waals surface area (Å²) in [6, 6.07) is 16.1. The van der Waals surface area contributed by atoms with Gasteiger partial charge >= 0.3 is 5.97 Å². The van der Waals surface area contributed by atoms with Crippen LogP contribution >= 0.6 is 0 Å². The third-order valence-electron chi connectivity index (χ3n) is 3.57. The number of amides is 1. The Balaban J connectivity index is 1.80. The Hall–Kier alpha value is -2.82. The topological polar surface area (TPSA) is 64.6 Å². The number of esters is 1. The summed E-state index contributed by atoms with van der Waals surface area (Å²) in [7, 11) is 0. The van der Waals surface area contributed by atoms with Crippen molar-refractivity contribution >= 4 is 11.9 Å². The summed E-state index contributed by atoms with van der Waals surface area (Å²) in [5, 5.41) is 2.80. The number of carbonyl (C=O) groups excluding carboxylic acids is 2. The second-order valence-corrected chi connectivity index (χ2v) is 5.65. The molecule has 1 amide bonds. The number of hydrogen-bond acceptors (Lipinski definition) is 4. The molecule has 0 saturated carbocycles. The summed E-state index contributed by atoms with van der Waals surface area (Å²) in [6.07, 6.45) is 0.917. The Morgan fingerprint density at radius 2 is 1.72 bits per heavy atom. The second kappa shape index (κ2) is 9.47. The Morgan fingerprint density at radius 3 is 2.36 bits per heavy atom. The molecule has 0 aromatic heterocycles. The number of ether oxygens (including phenoxy) is 2. The first-order valence-electron chi connectivity index (χ1n) is 8.34. The average molecular weight is 341 g/mol. The number of nitrogens with one attached hydrogen (secondary N) is 1. The van der Waals surface area contributed by atoms with Gasteiger partial charge in [0.15, 0.2) is 6.61 Å². The summed E-state index contributed by atoms with van der Waals surface area (Å²) in [5.41, 5.74) is 1.37. The second-order valence-electron chi connectivity index (χ2n) is 5.65. The highest BCUT2D eigenvalue weighted by Crippen LogP contribution is 2.14. The molecule has 0 fully saturated rings. The molecule has 0 bridgehead atoms. The third kappa shape index (κ3) is 5.95. The van der Waals surface area contributed by atoms with Crippen LogP contribution < -0.4 is 10.1 Å². The fourth-order valence-corrected chi connectivity index (χ4v) is 2.23. The van der Waals surface area contributed by atoms with Crippen LogP contribution in [0.1, 0.15) is 42.2 Å². The van der Waals surface area contributed by atoms with Gasteiger partial charge < -0.3 is 14.8 Å². The van der Waals surface area contributed by atoms with E-state index < -0.39 is 5.97 Å². The highest BCUT2D eigenvalue weighted by Gasteiger charge is 2.13. The molecular formula is C20H23NO4. The zero-order valence-corrected chi connectivity index (χ0v) is 14.5. The number of hydrogen-bond donors (Lipinski definition) is 1. The molecule has 1 atom stereocenters. The van der Waals surface area contributed by atoms with Gasteiger partial charge in [0, 0.05) is 0 Å². The fourth-order valence-electron chi connectivity index (χ4n) is 2.23. The summed E-state index contributed by atoms with van der Waals surface area (Å²) in [4.78, 5) is 23.9. The van der Waals surface area contributed by atoms with E-state index >= 15 is 0 Å². The normalized spacial score (nSPS) is 11.4. The Bertz CT molecular complexity index is 683. The van der Waals surface area contributed by atoms with Crippen LogP contribution in [0.2, 0.25) is 0 Å². The largest absolute Gasteiger partial charge is 0.494 e. The van der Waals surface area contributed by atoms with Crippen molar-refractivity contribution in [1.29, 1.82) is 0 Å². The van der Waals surface area contributed by atoms with E-state index in [9.17, 15) is 9.59 Å². The lowest BCUT2D eigenvalue weighted by Gasteiger charge is -2.14. The summed E-state index contributed by atoms with van der Waals surface area (Å²) in [6.45, 7) is 4.22. The quantitative estimate of drug-likeness (QED) is 0.746. The van der Waals surface area contributed by atoms with Crippen molar-refractivity contribution in [2.75, 3.05) is 13.2 Å². The van der Waals surface area contributed by atoms with E-state index in [0.29, 0.717) is 17.9 Å². The summed E-state index contributed by atoms with van der Waals surface area (Å²) >= 11 is 0. The number of rotatable bonds is 8. The van der Waals surface area contributed by atoms with E-state index in [1.807, 2.05) is 44.2 Å². The maximum atomic E-state index is 12.0. The fraction of sp³-hybridized carbons (Fsp3) is 0.300. The van der Waals surface area contributed by atoms with Crippen molar-refractivity contribution in [3.05, 3.63) is 65.7 Å². The van der Waals surface area contributed by atoms with Gasteiger partial charge in [0.25, 0.3) is 5.91 Å². The molecule has 2 aromatic rings. The maximum absolute atomic E-state index is 12.0. The Kier molecular flexibility index (Phi) is 7.01. The van der Waals surface area contributed by atoms with Gasteiger partial charge in [0.1, 0.15) is 5.75 Å². The minimum Gasteiger partial charge on any atom is -0.494 e. The SMILES string of the molecule is CCCOc1ccc(C(=O)OCC(=O)N[C@@H](C)c2ccccc2)cc1. The molecule has 0 aliphatic rings. The van der Waals surface area contributed by atoms with E-state index in [0.717, 1.165) is 12.0 Å². The predicted octanol–water partition coefficient (Wildman–Crippen LogP) is 3.51. The molecule has 0 aliphatic heterocycles. The molecular weight excluding hydrogens is 318 g/mol. The molecule has 132 valence electrons. The van der Waals surface area contributed by atoms with E-state index in [1.165, 1.54) is 0 Å². The van der Waals surface area contributed by atoms with Crippen molar-refractivity contribution in [2.45, 2.75) is 26.3 Å². The monoisotopic (exact) mass is 341 g/mol. The van der Waals surface area contributed by atoms with Gasteiger partial charge in [0.05, 0.1) is 18.2 Å². The van der Waals surface area contributed by atoms with Crippen molar-refractivity contribution in [2.24, 2.45) is 0 Å². The van der Waals surface area contributed by atoms with Crippen molar-refractivity contribution in [3.8, 4) is 5.75 Å². The van der Waals surface area contributed by atoms with E-state index in [2.05, 4.69) is 5.32 Å². The Labute approximate surface area is 148 Å². The summed E-state index contributed by atoms with van der Waals surface area (Å²) in [5.74, 6) is -0.176. The minimum absolute atomic E-state index is 0.151. The van der Waals surface area contributed by atoms with Crippen LogP contribution in [-0.2, 0) is 9.53 Å². The lowest BCUT2D eigenvalue weighted by atomic mass is 10.1. The smallest absolute Gasteiger partial charge is 0.338 e. The first-order valence-corrected chi connectivity index (χ1v) is 8.34. The highest BCUT2D eigenvalue weighted by molar-refractivity contribution is 5.91. The first-order chi connectivity index (χ1) is 12.1. The van der Waals surface area contributed by atoms with Gasteiger partial charge in [-0.25, -0.2) is 4.79 Å². The van der Waals surface area contributed by atoms with Crippen molar-refractivity contribution in [1.82, 2.24) is 5.32 Å². The van der Waals surface area contributed by atoms with Crippen molar-refractivity contribution in [3.63, 3.8) is 0 Å². The van der Waals surface area contributed by atoms with Gasteiger partial charge in [0.2, 0.25) is 0 Å². The lowest BCUT2D eigenvalue weighted by molar-refractivity contribution is -0.124. The molecule has 2 rings (SSSR count).